The first-order chi connectivity index (χ1) is 16.9. The molecule has 1 fully saturated rings. The Morgan fingerprint density at radius 1 is 0.886 bits per heavy atom. The number of hydrogen-bond donors (Lipinski definition) is 1. The highest BCUT2D eigenvalue weighted by molar-refractivity contribution is 7.89. The van der Waals surface area contributed by atoms with Gasteiger partial charge in [0.1, 0.15) is 24.7 Å². The van der Waals surface area contributed by atoms with Crippen molar-refractivity contribution in [1.82, 2.24) is 4.31 Å². The maximum absolute atomic E-state index is 12.9. The summed E-state index contributed by atoms with van der Waals surface area (Å²) in [6.45, 7) is 3.94. The molecule has 3 aromatic carbocycles. The number of benzene rings is 3. The van der Waals surface area contributed by atoms with Crippen LogP contribution in [0, 0.1) is 5.92 Å². The molecule has 0 bridgehead atoms. The van der Waals surface area contributed by atoms with Gasteiger partial charge in [-0.15, -0.1) is 0 Å². The van der Waals surface area contributed by atoms with Crippen LogP contribution >= 0.6 is 0 Å². The molecule has 8 heteroatoms. The maximum atomic E-state index is 12.9. The number of carbonyl (C=O) groups excluding carboxylic acids is 1. The highest BCUT2D eigenvalue weighted by Crippen LogP contribution is 2.24. The molecule has 184 valence electrons. The highest BCUT2D eigenvalue weighted by Gasteiger charge is 2.27. The van der Waals surface area contributed by atoms with Gasteiger partial charge in [-0.2, -0.15) is 4.31 Å². The molecule has 1 amide bonds. The average Bonchev–Trinajstić information content (AvgIpc) is 2.88. The quantitative estimate of drug-likeness (QED) is 0.431. The number of ether oxygens (including phenoxy) is 2. The van der Waals surface area contributed by atoms with Gasteiger partial charge in [0.15, 0.2) is 0 Å². The normalized spacial score (nSPS) is 14.9. The minimum Gasteiger partial charge on any atom is -0.490 e. The SMILES string of the molecule is CC1CCN(S(=O)(=O)c2ccc(NC(=O)c3cccc(OCCOc4ccccc4)c3)cc2)CC1. The van der Waals surface area contributed by atoms with Crippen LogP contribution in [0.5, 0.6) is 11.5 Å². The molecule has 0 aliphatic carbocycles. The number of piperidine rings is 1. The molecule has 1 saturated heterocycles. The second kappa shape index (κ2) is 11.4. The number of nitrogens with one attached hydrogen (secondary N) is 1. The van der Waals surface area contributed by atoms with E-state index in [1.165, 1.54) is 16.4 Å². The molecular formula is C27H30N2O5S. The van der Waals surface area contributed by atoms with Crippen molar-refractivity contribution in [1.29, 1.82) is 0 Å². The first-order valence-corrected chi connectivity index (χ1v) is 13.2. The van der Waals surface area contributed by atoms with E-state index in [2.05, 4.69) is 12.2 Å². The van der Waals surface area contributed by atoms with Crippen LogP contribution in [0.2, 0.25) is 0 Å². The van der Waals surface area contributed by atoms with E-state index in [4.69, 9.17) is 9.47 Å². The van der Waals surface area contributed by atoms with Crippen molar-refractivity contribution < 1.29 is 22.7 Å². The third-order valence-corrected chi connectivity index (χ3v) is 7.87. The summed E-state index contributed by atoms with van der Waals surface area (Å²) in [4.78, 5) is 13.0. The summed E-state index contributed by atoms with van der Waals surface area (Å²) in [6, 6.07) is 22.7. The zero-order valence-electron chi connectivity index (χ0n) is 19.7. The van der Waals surface area contributed by atoms with E-state index in [9.17, 15) is 13.2 Å². The molecule has 4 rings (SSSR count). The van der Waals surface area contributed by atoms with Crippen LogP contribution in [0.25, 0.3) is 0 Å². The van der Waals surface area contributed by atoms with Crippen molar-refractivity contribution in [2.24, 2.45) is 5.92 Å². The van der Waals surface area contributed by atoms with Gasteiger partial charge in [-0.1, -0.05) is 31.2 Å². The van der Waals surface area contributed by atoms with E-state index in [0.29, 0.717) is 49.2 Å². The van der Waals surface area contributed by atoms with Crippen molar-refractivity contribution >= 4 is 21.6 Å². The number of carbonyl (C=O) groups is 1. The van der Waals surface area contributed by atoms with Crippen molar-refractivity contribution in [2.75, 3.05) is 31.6 Å². The third kappa shape index (κ3) is 6.61. The van der Waals surface area contributed by atoms with Crippen LogP contribution in [0.15, 0.2) is 83.8 Å². The van der Waals surface area contributed by atoms with Crippen molar-refractivity contribution in [2.45, 2.75) is 24.7 Å². The molecule has 7 nitrogen and oxygen atoms in total. The molecule has 35 heavy (non-hydrogen) atoms. The van der Waals surface area contributed by atoms with Gasteiger partial charge in [0.2, 0.25) is 10.0 Å². The summed E-state index contributed by atoms with van der Waals surface area (Å²) in [5, 5.41) is 2.81. The number of nitrogens with zero attached hydrogens (tertiary/aromatic N) is 1. The lowest BCUT2D eigenvalue weighted by Gasteiger charge is -2.29. The lowest BCUT2D eigenvalue weighted by atomic mass is 10.0. The van der Waals surface area contributed by atoms with E-state index in [-0.39, 0.29) is 10.8 Å². The van der Waals surface area contributed by atoms with Gasteiger partial charge < -0.3 is 14.8 Å². The molecular weight excluding hydrogens is 464 g/mol. The van der Waals surface area contributed by atoms with Crippen molar-refractivity contribution in [3.63, 3.8) is 0 Å². The van der Waals surface area contributed by atoms with Gasteiger partial charge in [-0.25, -0.2) is 8.42 Å². The standard InChI is InChI=1S/C27H30N2O5S/c1-21-14-16-29(17-15-21)35(31,32)26-12-10-23(11-13-26)28-27(30)22-6-5-9-25(20-22)34-19-18-33-24-7-3-2-4-8-24/h2-13,20-21H,14-19H2,1H3,(H,28,30). The zero-order chi connectivity index (χ0) is 24.7. The zero-order valence-corrected chi connectivity index (χ0v) is 20.5. The monoisotopic (exact) mass is 494 g/mol. The van der Waals surface area contributed by atoms with Gasteiger partial charge >= 0.3 is 0 Å². The second-order valence-corrected chi connectivity index (χ2v) is 10.5. The molecule has 1 aliphatic rings. The molecule has 0 saturated carbocycles. The molecule has 0 spiro atoms. The topological polar surface area (TPSA) is 84.9 Å². The van der Waals surface area contributed by atoms with E-state index in [1.807, 2.05) is 30.3 Å². The van der Waals surface area contributed by atoms with Gasteiger partial charge in [0.25, 0.3) is 5.91 Å². The Bertz CT molecular complexity index is 1220. The number of hydrogen-bond acceptors (Lipinski definition) is 5. The number of para-hydroxylation sites is 1. The first kappa shape index (κ1) is 24.8. The maximum Gasteiger partial charge on any atom is 0.255 e. The Hall–Kier alpha value is -3.36. The predicted molar refractivity (Wildman–Crippen MR) is 135 cm³/mol. The lowest BCUT2D eigenvalue weighted by molar-refractivity contribution is 0.102. The van der Waals surface area contributed by atoms with Gasteiger partial charge in [0.05, 0.1) is 4.90 Å². The summed E-state index contributed by atoms with van der Waals surface area (Å²) in [5.74, 6) is 1.57. The predicted octanol–water partition coefficient (Wildman–Crippen LogP) is 4.82. The smallest absolute Gasteiger partial charge is 0.255 e. The Labute approximate surface area is 206 Å². The fourth-order valence-electron chi connectivity index (χ4n) is 3.85. The van der Waals surface area contributed by atoms with Crippen LogP contribution < -0.4 is 14.8 Å². The van der Waals surface area contributed by atoms with E-state index < -0.39 is 10.0 Å². The van der Waals surface area contributed by atoms with E-state index in [1.54, 1.807) is 36.4 Å². The van der Waals surface area contributed by atoms with Crippen molar-refractivity contribution in [3.05, 3.63) is 84.4 Å². The fraction of sp³-hybridized carbons (Fsp3) is 0.296. The average molecular weight is 495 g/mol. The highest BCUT2D eigenvalue weighted by atomic mass is 32.2. The summed E-state index contributed by atoms with van der Waals surface area (Å²) >= 11 is 0. The van der Waals surface area contributed by atoms with E-state index >= 15 is 0 Å². The third-order valence-electron chi connectivity index (χ3n) is 5.95. The van der Waals surface area contributed by atoms with Crippen LogP contribution in [0.3, 0.4) is 0 Å². The van der Waals surface area contributed by atoms with Crippen LogP contribution in [0.1, 0.15) is 30.1 Å². The molecule has 1 heterocycles. The Morgan fingerprint density at radius 2 is 1.51 bits per heavy atom. The van der Waals surface area contributed by atoms with Gasteiger partial charge in [-0.05, 0) is 73.4 Å². The summed E-state index contributed by atoms with van der Waals surface area (Å²) < 4.78 is 38.6. The molecule has 1 aliphatic heterocycles. The van der Waals surface area contributed by atoms with Gasteiger partial charge in [-0.3, -0.25) is 4.79 Å². The second-order valence-electron chi connectivity index (χ2n) is 8.60. The molecule has 0 aromatic heterocycles. The molecule has 0 radical (unpaired) electrons. The molecule has 3 aromatic rings. The van der Waals surface area contributed by atoms with Crippen LogP contribution in [-0.2, 0) is 10.0 Å². The molecule has 1 N–H and O–H groups in total. The Morgan fingerprint density at radius 3 is 2.20 bits per heavy atom. The minimum absolute atomic E-state index is 0.234. The van der Waals surface area contributed by atoms with Crippen molar-refractivity contribution in [3.8, 4) is 11.5 Å². The first-order valence-electron chi connectivity index (χ1n) is 11.7. The lowest BCUT2D eigenvalue weighted by Crippen LogP contribution is -2.37. The molecule has 0 atom stereocenters. The fourth-order valence-corrected chi connectivity index (χ4v) is 5.32. The number of rotatable bonds is 9. The summed E-state index contributed by atoms with van der Waals surface area (Å²) in [6.07, 6.45) is 1.74. The Balaban J connectivity index is 1.31. The summed E-state index contributed by atoms with van der Waals surface area (Å²) in [7, 11) is -3.52. The van der Waals surface area contributed by atoms with Crippen LogP contribution in [-0.4, -0.2) is 44.9 Å². The van der Waals surface area contributed by atoms with Crippen LogP contribution in [0.4, 0.5) is 5.69 Å². The minimum atomic E-state index is -3.52. The largest absolute Gasteiger partial charge is 0.490 e. The summed E-state index contributed by atoms with van der Waals surface area (Å²) in [5.41, 5.74) is 0.953. The number of amides is 1. The number of sulfonamides is 1. The Kier molecular flexibility index (Phi) is 8.05. The van der Waals surface area contributed by atoms with E-state index in [0.717, 1.165) is 18.6 Å². The molecule has 0 unspecified atom stereocenters. The van der Waals surface area contributed by atoms with Gasteiger partial charge in [0, 0.05) is 24.3 Å². The number of anilines is 1.